The third-order valence-electron chi connectivity index (χ3n) is 3.40. The maximum atomic E-state index is 13.7. The van der Waals surface area contributed by atoms with Gasteiger partial charge in [0, 0.05) is 5.56 Å². The summed E-state index contributed by atoms with van der Waals surface area (Å²) in [7, 11) is 1.61. The summed E-state index contributed by atoms with van der Waals surface area (Å²) >= 11 is 0. The molecule has 3 nitrogen and oxygen atoms in total. The quantitative estimate of drug-likeness (QED) is 0.665. The van der Waals surface area contributed by atoms with Gasteiger partial charge in [-0.25, -0.2) is 9.82 Å². The molecule has 4 heteroatoms. The molecule has 2 rings (SSSR count). The Morgan fingerprint density at radius 3 is 2.50 bits per heavy atom. The summed E-state index contributed by atoms with van der Waals surface area (Å²) in [6.07, 6.45) is 0. The topological polar surface area (TPSA) is 47.3 Å². The zero-order chi connectivity index (χ0) is 14.7. The Hall–Kier alpha value is -1.91. The highest BCUT2D eigenvalue weighted by Gasteiger charge is 2.18. The van der Waals surface area contributed by atoms with Crippen molar-refractivity contribution < 1.29 is 9.13 Å². The van der Waals surface area contributed by atoms with E-state index in [0.29, 0.717) is 5.56 Å². The molecule has 0 aliphatic carbocycles. The minimum atomic E-state index is -0.319. The first-order valence-corrected chi connectivity index (χ1v) is 6.43. The molecule has 106 valence electrons. The number of ether oxygens (including phenoxy) is 1. The van der Waals surface area contributed by atoms with Gasteiger partial charge in [0.1, 0.15) is 11.6 Å². The smallest absolute Gasteiger partial charge is 0.126 e. The van der Waals surface area contributed by atoms with Gasteiger partial charge >= 0.3 is 0 Å². The second-order valence-electron chi connectivity index (χ2n) is 4.85. The van der Waals surface area contributed by atoms with Crippen LogP contribution in [0.15, 0.2) is 36.4 Å². The molecule has 0 saturated carbocycles. The summed E-state index contributed by atoms with van der Waals surface area (Å²) in [5, 5.41) is 0. The average Bonchev–Trinajstić information content (AvgIpc) is 2.44. The van der Waals surface area contributed by atoms with Gasteiger partial charge in [0.25, 0.3) is 0 Å². The molecule has 0 bridgehead atoms. The van der Waals surface area contributed by atoms with Gasteiger partial charge in [-0.1, -0.05) is 24.3 Å². The predicted molar refractivity (Wildman–Crippen MR) is 78.0 cm³/mol. The summed E-state index contributed by atoms with van der Waals surface area (Å²) in [6.45, 7) is 3.72. The Labute approximate surface area is 118 Å². The second kappa shape index (κ2) is 6.03. The van der Waals surface area contributed by atoms with Gasteiger partial charge in [-0.15, -0.1) is 0 Å². The lowest BCUT2D eigenvalue weighted by molar-refractivity contribution is 0.404. The molecule has 0 fully saturated rings. The SMILES string of the molecule is COc1cc(C)ccc1C(NN)c1ccc(C)c(F)c1. The number of aryl methyl sites for hydroxylation is 2. The molecule has 0 aliphatic heterocycles. The Kier molecular flexibility index (Phi) is 4.37. The summed E-state index contributed by atoms with van der Waals surface area (Å²) < 4.78 is 19.1. The zero-order valence-electron chi connectivity index (χ0n) is 11.9. The third kappa shape index (κ3) is 2.81. The van der Waals surface area contributed by atoms with Crippen LogP contribution in [0.25, 0.3) is 0 Å². The highest BCUT2D eigenvalue weighted by Crippen LogP contribution is 2.31. The van der Waals surface area contributed by atoms with Crippen LogP contribution in [0.2, 0.25) is 0 Å². The lowest BCUT2D eigenvalue weighted by atomic mass is 9.96. The van der Waals surface area contributed by atoms with Crippen molar-refractivity contribution in [1.82, 2.24) is 5.43 Å². The van der Waals surface area contributed by atoms with Crippen LogP contribution >= 0.6 is 0 Å². The highest BCUT2D eigenvalue weighted by atomic mass is 19.1. The first-order valence-electron chi connectivity index (χ1n) is 6.43. The number of rotatable bonds is 4. The Morgan fingerprint density at radius 1 is 1.15 bits per heavy atom. The van der Waals surface area contributed by atoms with E-state index in [1.165, 1.54) is 6.07 Å². The molecule has 0 aromatic heterocycles. The summed E-state index contributed by atoms with van der Waals surface area (Å²) in [4.78, 5) is 0. The molecule has 0 saturated heterocycles. The van der Waals surface area contributed by atoms with Crippen LogP contribution in [-0.2, 0) is 0 Å². The van der Waals surface area contributed by atoms with Crippen LogP contribution in [0.1, 0.15) is 28.3 Å². The van der Waals surface area contributed by atoms with E-state index in [1.807, 2.05) is 31.2 Å². The molecule has 0 aliphatic rings. The van der Waals surface area contributed by atoms with Crippen LogP contribution in [0.5, 0.6) is 5.75 Å². The van der Waals surface area contributed by atoms with Crippen molar-refractivity contribution >= 4 is 0 Å². The van der Waals surface area contributed by atoms with Crippen LogP contribution in [0.3, 0.4) is 0 Å². The van der Waals surface area contributed by atoms with Crippen molar-refractivity contribution in [1.29, 1.82) is 0 Å². The number of methoxy groups -OCH3 is 1. The summed E-state index contributed by atoms with van der Waals surface area (Å²) in [5.41, 5.74) is 6.07. The lowest BCUT2D eigenvalue weighted by Crippen LogP contribution is -2.29. The van der Waals surface area contributed by atoms with E-state index in [-0.39, 0.29) is 11.9 Å². The van der Waals surface area contributed by atoms with Crippen molar-refractivity contribution in [3.8, 4) is 5.75 Å². The van der Waals surface area contributed by atoms with Crippen LogP contribution in [0, 0.1) is 19.7 Å². The summed E-state index contributed by atoms with van der Waals surface area (Å²) in [5.74, 6) is 6.15. The van der Waals surface area contributed by atoms with Crippen molar-refractivity contribution in [2.24, 2.45) is 5.84 Å². The van der Waals surface area contributed by atoms with Gasteiger partial charge in [0.2, 0.25) is 0 Å². The minimum Gasteiger partial charge on any atom is -0.496 e. The van der Waals surface area contributed by atoms with Gasteiger partial charge in [-0.2, -0.15) is 0 Å². The molecule has 3 N–H and O–H groups in total. The maximum absolute atomic E-state index is 13.7. The number of benzene rings is 2. The molecule has 2 aromatic carbocycles. The number of halogens is 1. The second-order valence-corrected chi connectivity index (χ2v) is 4.85. The molecule has 2 aromatic rings. The third-order valence-corrected chi connectivity index (χ3v) is 3.40. The fourth-order valence-electron chi connectivity index (χ4n) is 2.21. The minimum absolute atomic E-state index is 0.242. The van der Waals surface area contributed by atoms with E-state index >= 15 is 0 Å². The van der Waals surface area contributed by atoms with Gasteiger partial charge in [-0.3, -0.25) is 5.84 Å². The molecule has 0 radical (unpaired) electrons. The number of hydrogen-bond donors (Lipinski definition) is 2. The van der Waals surface area contributed by atoms with Gasteiger partial charge in [0.15, 0.2) is 0 Å². The molecular formula is C16H19FN2O. The fraction of sp³-hybridized carbons (Fsp3) is 0.250. The largest absolute Gasteiger partial charge is 0.496 e. The molecule has 20 heavy (non-hydrogen) atoms. The van der Waals surface area contributed by atoms with E-state index < -0.39 is 0 Å². The summed E-state index contributed by atoms with van der Waals surface area (Å²) in [6, 6.07) is 10.6. The van der Waals surface area contributed by atoms with Crippen molar-refractivity contribution in [3.63, 3.8) is 0 Å². The first-order chi connectivity index (χ1) is 9.56. The average molecular weight is 274 g/mol. The zero-order valence-corrected chi connectivity index (χ0v) is 11.9. The van der Waals surface area contributed by atoms with E-state index in [4.69, 9.17) is 10.6 Å². The van der Waals surface area contributed by atoms with Crippen molar-refractivity contribution in [2.45, 2.75) is 19.9 Å². The Balaban J connectivity index is 2.49. The number of nitrogens with one attached hydrogen (secondary N) is 1. The van der Waals surface area contributed by atoms with Gasteiger partial charge < -0.3 is 4.74 Å². The Morgan fingerprint density at radius 2 is 1.90 bits per heavy atom. The molecular weight excluding hydrogens is 255 g/mol. The maximum Gasteiger partial charge on any atom is 0.126 e. The normalized spacial score (nSPS) is 12.2. The Bertz CT molecular complexity index is 613. The van der Waals surface area contributed by atoms with E-state index in [0.717, 1.165) is 22.4 Å². The van der Waals surface area contributed by atoms with E-state index in [2.05, 4.69) is 5.43 Å². The van der Waals surface area contributed by atoms with Gasteiger partial charge in [-0.05, 0) is 42.7 Å². The molecule has 0 spiro atoms. The monoisotopic (exact) mass is 274 g/mol. The molecule has 1 atom stereocenters. The van der Waals surface area contributed by atoms with Crippen molar-refractivity contribution in [2.75, 3.05) is 7.11 Å². The number of hydrogen-bond acceptors (Lipinski definition) is 3. The predicted octanol–water partition coefficient (Wildman–Crippen LogP) is 3.00. The first kappa shape index (κ1) is 14.5. The fourth-order valence-corrected chi connectivity index (χ4v) is 2.21. The molecule has 0 amide bonds. The molecule has 0 heterocycles. The lowest BCUT2D eigenvalue weighted by Gasteiger charge is -2.20. The van der Waals surface area contributed by atoms with Crippen LogP contribution in [-0.4, -0.2) is 7.11 Å². The number of hydrazine groups is 1. The van der Waals surface area contributed by atoms with Crippen LogP contribution in [0.4, 0.5) is 4.39 Å². The van der Waals surface area contributed by atoms with Crippen molar-refractivity contribution in [3.05, 3.63) is 64.5 Å². The van der Waals surface area contributed by atoms with Gasteiger partial charge in [0.05, 0.1) is 13.2 Å². The van der Waals surface area contributed by atoms with E-state index in [1.54, 1.807) is 20.1 Å². The highest BCUT2D eigenvalue weighted by molar-refractivity contribution is 5.44. The standard InChI is InChI=1S/C16H19FN2O/c1-10-4-7-13(15(8-10)20-3)16(19-18)12-6-5-11(2)14(17)9-12/h4-9,16,19H,18H2,1-3H3. The van der Waals surface area contributed by atoms with Crippen LogP contribution < -0.4 is 16.0 Å². The van der Waals surface area contributed by atoms with E-state index in [9.17, 15) is 4.39 Å². The molecule has 1 unspecified atom stereocenters. The number of nitrogens with two attached hydrogens (primary N) is 1.